The third-order valence-electron chi connectivity index (χ3n) is 7.38. The molecule has 200 valence electrons. The summed E-state index contributed by atoms with van der Waals surface area (Å²) in [5, 5.41) is 12.2. The largest absolute Gasteiger partial charge is 0.444 e. The van der Waals surface area contributed by atoms with Gasteiger partial charge in [-0.25, -0.2) is 9.18 Å². The Morgan fingerprint density at radius 3 is 2.57 bits per heavy atom. The van der Waals surface area contributed by atoms with E-state index in [9.17, 15) is 24.0 Å². The number of nitrogens with one attached hydrogen (secondary N) is 1. The van der Waals surface area contributed by atoms with Crippen LogP contribution >= 0.6 is 0 Å². The molecule has 3 aliphatic heterocycles. The van der Waals surface area contributed by atoms with Crippen LogP contribution in [0.5, 0.6) is 0 Å². The summed E-state index contributed by atoms with van der Waals surface area (Å²) in [6.45, 7) is 8.41. The number of piperazine rings is 1. The van der Waals surface area contributed by atoms with Crippen LogP contribution < -0.4 is 5.32 Å². The average molecular weight is 514 g/mol. The number of carbonyl (C=O) groups excluding carboxylic acids is 3. The number of nitriles is 1. The zero-order valence-corrected chi connectivity index (χ0v) is 21.9. The Morgan fingerprint density at radius 2 is 1.97 bits per heavy atom. The first-order chi connectivity index (χ1) is 17.5. The molecule has 10 heteroatoms. The minimum atomic E-state index is -0.941. The van der Waals surface area contributed by atoms with Gasteiger partial charge < -0.3 is 19.9 Å². The van der Waals surface area contributed by atoms with Gasteiger partial charge >= 0.3 is 6.09 Å². The number of benzene rings is 1. The van der Waals surface area contributed by atoms with Crippen LogP contribution in [-0.2, 0) is 14.3 Å². The molecule has 3 fully saturated rings. The third-order valence-corrected chi connectivity index (χ3v) is 7.38. The molecule has 0 radical (unpaired) electrons. The number of amides is 3. The Bertz CT molecular complexity index is 1070. The van der Waals surface area contributed by atoms with Gasteiger partial charge in [-0.2, -0.15) is 5.26 Å². The van der Waals surface area contributed by atoms with Crippen LogP contribution in [0.1, 0.15) is 65.0 Å². The molecule has 1 aromatic carbocycles. The predicted octanol–water partition coefficient (Wildman–Crippen LogP) is 2.97. The van der Waals surface area contributed by atoms with Gasteiger partial charge in [-0.05, 0) is 64.2 Å². The lowest BCUT2D eigenvalue weighted by molar-refractivity contribution is -0.141. The Balaban J connectivity index is 1.49. The molecule has 0 spiro atoms. The quantitative estimate of drug-likeness (QED) is 0.601. The van der Waals surface area contributed by atoms with E-state index in [1.807, 2.05) is 16.7 Å². The zero-order valence-electron chi connectivity index (χ0n) is 21.9. The highest BCUT2D eigenvalue weighted by Crippen LogP contribution is 2.39. The average Bonchev–Trinajstić information content (AvgIpc) is 3.54. The topological polar surface area (TPSA) is 106 Å². The minimum absolute atomic E-state index is 0.0213. The Morgan fingerprint density at radius 1 is 1.27 bits per heavy atom. The van der Waals surface area contributed by atoms with E-state index in [4.69, 9.17) is 4.74 Å². The molecule has 0 aromatic heterocycles. The van der Waals surface area contributed by atoms with Crippen LogP contribution in [0, 0.1) is 17.1 Å². The van der Waals surface area contributed by atoms with Crippen LogP contribution in [0.25, 0.3) is 0 Å². The smallest absolute Gasteiger partial charge is 0.408 e. The second-order valence-electron chi connectivity index (χ2n) is 11.1. The van der Waals surface area contributed by atoms with Gasteiger partial charge in [0.15, 0.2) is 0 Å². The maximum atomic E-state index is 13.5. The van der Waals surface area contributed by atoms with E-state index in [0.29, 0.717) is 32.4 Å². The van der Waals surface area contributed by atoms with Crippen molar-refractivity contribution in [1.82, 2.24) is 20.0 Å². The summed E-state index contributed by atoms with van der Waals surface area (Å²) in [6, 6.07) is 6.39. The molecule has 0 saturated carbocycles. The number of ether oxygens (including phenoxy) is 1. The first kappa shape index (κ1) is 26.9. The summed E-state index contributed by atoms with van der Waals surface area (Å²) in [5.41, 5.74) is 0.159. The van der Waals surface area contributed by atoms with Gasteiger partial charge in [-0.15, -0.1) is 0 Å². The van der Waals surface area contributed by atoms with Gasteiger partial charge in [0.2, 0.25) is 11.8 Å². The summed E-state index contributed by atoms with van der Waals surface area (Å²) in [4.78, 5) is 45.0. The van der Waals surface area contributed by atoms with Crippen LogP contribution in [0.3, 0.4) is 0 Å². The van der Waals surface area contributed by atoms with Gasteiger partial charge in [0, 0.05) is 25.7 Å². The van der Waals surface area contributed by atoms with E-state index in [-0.39, 0.29) is 36.3 Å². The maximum Gasteiger partial charge on any atom is 0.408 e. The van der Waals surface area contributed by atoms with E-state index >= 15 is 0 Å². The molecule has 3 aliphatic rings. The molecule has 2 bridgehead atoms. The highest BCUT2D eigenvalue weighted by molar-refractivity contribution is 5.88. The van der Waals surface area contributed by atoms with Gasteiger partial charge in [-0.1, -0.05) is 19.1 Å². The Kier molecular flexibility index (Phi) is 7.74. The van der Waals surface area contributed by atoms with E-state index in [1.54, 1.807) is 32.9 Å². The fourth-order valence-corrected chi connectivity index (χ4v) is 5.81. The molecule has 37 heavy (non-hydrogen) atoms. The monoisotopic (exact) mass is 513 g/mol. The Hall–Kier alpha value is -3.19. The number of hydrogen-bond donors (Lipinski definition) is 1. The van der Waals surface area contributed by atoms with Crippen molar-refractivity contribution in [3.05, 3.63) is 35.6 Å². The van der Waals surface area contributed by atoms with Crippen molar-refractivity contribution in [2.45, 2.75) is 89.2 Å². The van der Waals surface area contributed by atoms with Gasteiger partial charge in [0.25, 0.3) is 0 Å². The molecule has 3 unspecified atom stereocenters. The van der Waals surface area contributed by atoms with Gasteiger partial charge in [0.05, 0.1) is 18.2 Å². The summed E-state index contributed by atoms with van der Waals surface area (Å²) in [5.74, 6) is -0.671. The molecule has 5 atom stereocenters. The molecule has 9 nitrogen and oxygen atoms in total. The number of fused-ring (bicyclic) bond motifs is 2. The molecule has 4 rings (SSSR count). The van der Waals surface area contributed by atoms with Crippen molar-refractivity contribution in [1.29, 1.82) is 5.26 Å². The maximum absolute atomic E-state index is 13.5. The number of carbonyl (C=O) groups is 3. The molecular weight excluding hydrogens is 477 g/mol. The molecule has 1 aromatic rings. The van der Waals surface area contributed by atoms with Crippen LogP contribution in [0.15, 0.2) is 24.3 Å². The SMILES string of the molecule is CC[C@@H](c1ccc(F)cc1)N1C(=O)C2C[C@H]1CN2CC(NC(=O)OC(C)(C)C)C(=O)N1CCCC1C#N. The normalized spacial score (nSPS) is 25.2. The highest BCUT2D eigenvalue weighted by atomic mass is 19.1. The Labute approximate surface area is 217 Å². The lowest BCUT2D eigenvalue weighted by Crippen LogP contribution is -2.59. The number of hydrogen-bond acceptors (Lipinski definition) is 6. The van der Waals surface area contributed by atoms with Crippen molar-refractivity contribution in [2.24, 2.45) is 0 Å². The standard InChI is InChI=1S/C27H36FN5O4/c1-5-22(17-8-10-18(28)11-9-17)33-20-13-23(25(33)35)31(15-20)16-21(30-26(36)37-27(2,3)4)24(34)32-12-6-7-19(32)14-29/h8-11,19-23H,5-7,12-13,15-16H2,1-4H3,(H,30,36)/t19?,20-,21?,22-,23?/m0/s1. The molecular formula is C27H36FN5O4. The second-order valence-corrected chi connectivity index (χ2v) is 11.1. The van der Waals surface area contributed by atoms with Crippen LogP contribution in [0.4, 0.5) is 9.18 Å². The van der Waals surface area contributed by atoms with Gasteiger partial charge in [-0.3, -0.25) is 14.5 Å². The number of nitrogens with zero attached hydrogens (tertiary/aromatic N) is 4. The summed E-state index contributed by atoms with van der Waals surface area (Å²) >= 11 is 0. The number of likely N-dealkylation sites (tertiary alicyclic amines) is 3. The van der Waals surface area contributed by atoms with E-state index in [1.165, 1.54) is 17.0 Å². The molecule has 3 heterocycles. The first-order valence-corrected chi connectivity index (χ1v) is 13.0. The zero-order chi connectivity index (χ0) is 26.9. The van der Waals surface area contributed by atoms with Crippen molar-refractivity contribution in [3.8, 4) is 6.07 Å². The van der Waals surface area contributed by atoms with E-state index in [2.05, 4.69) is 11.4 Å². The highest BCUT2D eigenvalue weighted by Gasteiger charge is 2.52. The molecule has 1 N–H and O–H groups in total. The van der Waals surface area contributed by atoms with Crippen molar-refractivity contribution >= 4 is 17.9 Å². The van der Waals surface area contributed by atoms with E-state index in [0.717, 1.165) is 12.0 Å². The number of alkyl carbamates (subject to hydrolysis) is 1. The summed E-state index contributed by atoms with van der Waals surface area (Å²) in [6.07, 6.45) is 1.96. The predicted molar refractivity (Wildman–Crippen MR) is 134 cm³/mol. The fraction of sp³-hybridized carbons (Fsp3) is 0.630. The van der Waals surface area contributed by atoms with Crippen molar-refractivity contribution in [3.63, 3.8) is 0 Å². The second kappa shape index (κ2) is 10.7. The minimum Gasteiger partial charge on any atom is -0.444 e. The van der Waals surface area contributed by atoms with Gasteiger partial charge in [0.1, 0.15) is 23.5 Å². The summed E-state index contributed by atoms with van der Waals surface area (Å²) in [7, 11) is 0. The lowest BCUT2D eigenvalue weighted by Gasteiger charge is -2.40. The lowest BCUT2D eigenvalue weighted by atomic mass is 10.0. The number of rotatable bonds is 7. The number of halogens is 1. The fourth-order valence-electron chi connectivity index (χ4n) is 5.81. The van der Waals surface area contributed by atoms with Crippen LogP contribution in [0.2, 0.25) is 0 Å². The van der Waals surface area contributed by atoms with Crippen LogP contribution in [-0.4, -0.2) is 82.0 Å². The third kappa shape index (κ3) is 5.72. The van der Waals surface area contributed by atoms with Crippen molar-refractivity contribution in [2.75, 3.05) is 19.6 Å². The molecule has 3 saturated heterocycles. The molecule has 3 amide bonds. The van der Waals surface area contributed by atoms with Crippen molar-refractivity contribution < 1.29 is 23.5 Å². The first-order valence-electron chi connectivity index (χ1n) is 13.0. The summed E-state index contributed by atoms with van der Waals surface area (Å²) < 4.78 is 18.9. The molecule has 0 aliphatic carbocycles. The van der Waals surface area contributed by atoms with E-state index < -0.39 is 29.8 Å².